The van der Waals surface area contributed by atoms with Gasteiger partial charge in [0.05, 0.1) is 17.5 Å². The molecule has 0 spiro atoms. The van der Waals surface area contributed by atoms with Crippen molar-refractivity contribution >= 4 is 34.7 Å². The lowest BCUT2D eigenvalue weighted by Gasteiger charge is -2.44. The minimum Gasteiger partial charge on any atom is -0.457 e. The molecule has 0 bridgehead atoms. The molecule has 16 heteroatoms. The first-order valence-electron chi connectivity index (χ1n) is 25.0. The molecule has 6 aliphatic rings. The van der Waals surface area contributed by atoms with Gasteiger partial charge in [-0.15, -0.1) is 0 Å². The van der Waals surface area contributed by atoms with Crippen LogP contribution in [-0.4, -0.2) is 158 Å². The molecule has 3 aromatic carbocycles. The minimum absolute atomic E-state index is 0.149. The van der Waals surface area contributed by atoms with Crippen LogP contribution in [0.5, 0.6) is 11.5 Å². The van der Waals surface area contributed by atoms with Crippen molar-refractivity contribution in [2.24, 2.45) is 0 Å². The number of piperazine rings is 1. The number of ether oxygens (including phenoxy) is 1. The molecule has 1 unspecified atom stereocenters. The Labute approximate surface area is 398 Å². The number of fused-ring (bicyclic) bond motifs is 2. The van der Waals surface area contributed by atoms with Gasteiger partial charge in [0.15, 0.2) is 5.65 Å². The molecule has 3 N–H and O–H groups in total. The maximum Gasteiger partial charge on any atom is 0.320 e. The van der Waals surface area contributed by atoms with Crippen molar-refractivity contribution in [3.8, 4) is 22.8 Å². The maximum atomic E-state index is 13.8. The number of anilines is 1. The first-order valence-corrected chi connectivity index (χ1v) is 25.0. The van der Waals surface area contributed by atoms with Crippen molar-refractivity contribution in [2.75, 3.05) is 84.3 Å². The lowest BCUT2D eigenvalue weighted by molar-refractivity contribution is -0.137. The average Bonchev–Trinajstić information content (AvgIpc) is 3.99. The molecule has 4 amide bonds. The number of nitrogens with one attached hydrogen (secondary N) is 1. The van der Waals surface area contributed by atoms with Crippen LogP contribution in [0.15, 0.2) is 79.1 Å². The van der Waals surface area contributed by atoms with Crippen LogP contribution in [0.3, 0.4) is 0 Å². The van der Waals surface area contributed by atoms with E-state index in [9.17, 15) is 14.4 Å². The van der Waals surface area contributed by atoms with Crippen molar-refractivity contribution < 1.29 is 19.1 Å². The fraction of sp³-hybridized carbons (Fsp3) is 0.500. The number of rotatable bonds is 10. The molecule has 2 atom stereocenters. The molecule has 0 aliphatic carbocycles. The van der Waals surface area contributed by atoms with E-state index in [4.69, 9.17) is 20.6 Å². The van der Waals surface area contributed by atoms with Crippen molar-refractivity contribution in [1.29, 1.82) is 0 Å². The van der Waals surface area contributed by atoms with Gasteiger partial charge in [-0.3, -0.25) is 29.6 Å². The number of hydrogen-bond donors (Lipinski definition) is 2. The third-order valence-corrected chi connectivity index (χ3v) is 15.7. The van der Waals surface area contributed by atoms with Crippen molar-refractivity contribution in [3.63, 3.8) is 0 Å². The van der Waals surface area contributed by atoms with E-state index in [1.807, 2.05) is 54.6 Å². The summed E-state index contributed by atoms with van der Waals surface area (Å²) >= 11 is 0. The summed E-state index contributed by atoms with van der Waals surface area (Å²) in [5.41, 5.74) is 13.0. The smallest absolute Gasteiger partial charge is 0.320 e. The Balaban J connectivity index is 0.619. The highest BCUT2D eigenvalue weighted by molar-refractivity contribution is 6.00. The molecule has 0 saturated carbocycles. The molecule has 6 aliphatic heterocycles. The van der Waals surface area contributed by atoms with Gasteiger partial charge in [-0.1, -0.05) is 36.4 Å². The Morgan fingerprint density at radius 2 is 1.43 bits per heavy atom. The molecule has 16 nitrogen and oxygen atoms in total. The number of hydrogen-bond acceptors (Lipinski definition) is 12. The number of nitrogens with two attached hydrogens (primary N) is 1. The molecule has 2 aromatic heterocycles. The molecule has 8 heterocycles. The Kier molecular flexibility index (Phi) is 12.8. The largest absolute Gasteiger partial charge is 0.457 e. The van der Waals surface area contributed by atoms with Crippen LogP contribution in [0, 0.1) is 0 Å². The summed E-state index contributed by atoms with van der Waals surface area (Å²) in [5, 5.41) is 8.49. The Morgan fingerprint density at radius 1 is 0.706 bits per heavy atom. The van der Waals surface area contributed by atoms with E-state index < -0.39 is 0 Å². The first-order chi connectivity index (χ1) is 33.3. The Hall–Kier alpha value is -5.94. The topological polar surface area (TPSA) is 162 Å². The quantitative estimate of drug-likeness (QED) is 0.165. The normalized spacial score (nSPS) is 23.0. The second-order valence-electron chi connectivity index (χ2n) is 19.8. The lowest BCUT2D eigenvalue weighted by atomic mass is 9.88. The molecule has 11 rings (SSSR count). The SMILES string of the molecule is Nc1ncnc2c1c(-c1ccc(Oc3ccccc3)cc1)nn2[C@@H]1CCCN(C2CCN(C(=O)N3CCN(CCN4CCC(c5ccc6c(c5)CN(C5CCC(=O)NC5=O)C6)CC4)CC3)CC2)C1. The number of nitrogens with zero attached hydrogens (tertiary/aromatic N) is 10. The summed E-state index contributed by atoms with van der Waals surface area (Å²) in [6.07, 6.45) is 8.90. The minimum atomic E-state index is -0.219. The number of imide groups is 1. The monoisotopic (exact) mass is 921 g/mol. The van der Waals surface area contributed by atoms with E-state index in [2.05, 4.69) is 62.6 Å². The summed E-state index contributed by atoms with van der Waals surface area (Å²) in [4.78, 5) is 61.2. The number of carbonyl (C=O) groups excluding carboxylic acids is 3. The molecule has 5 saturated heterocycles. The fourth-order valence-corrected chi connectivity index (χ4v) is 11.8. The van der Waals surface area contributed by atoms with E-state index in [0.717, 1.165) is 164 Å². The number of carbonyl (C=O) groups is 3. The third-order valence-electron chi connectivity index (χ3n) is 15.7. The van der Waals surface area contributed by atoms with E-state index in [0.29, 0.717) is 30.6 Å². The molecule has 5 aromatic rings. The highest BCUT2D eigenvalue weighted by Gasteiger charge is 2.37. The van der Waals surface area contributed by atoms with E-state index in [1.165, 1.54) is 23.0 Å². The third kappa shape index (κ3) is 9.43. The van der Waals surface area contributed by atoms with E-state index >= 15 is 0 Å². The molecule has 0 radical (unpaired) electrons. The Morgan fingerprint density at radius 3 is 2.19 bits per heavy atom. The van der Waals surface area contributed by atoms with Gasteiger partial charge in [-0.25, -0.2) is 19.4 Å². The highest BCUT2D eigenvalue weighted by Crippen LogP contribution is 2.37. The van der Waals surface area contributed by atoms with Crippen molar-refractivity contribution in [3.05, 3.63) is 95.8 Å². The van der Waals surface area contributed by atoms with Crippen LogP contribution in [0.4, 0.5) is 10.6 Å². The van der Waals surface area contributed by atoms with Gasteiger partial charge in [0.2, 0.25) is 11.8 Å². The highest BCUT2D eigenvalue weighted by atomic mass is 16.5. The van der Waals surface area contributed by atoms with Crippen molar-refractivity contribution in [1.82, 2.24) is 54.5 Å². The molecule has 68 heavy (non-hydrogen) atoms. The molecule has 5 fully saturated rings. The van der Waals surface area contributed by atoms with Crippen LogP contribution in [0.2, 0.25) is 0 Å². The lowest BCUT2D eigenvalue weighted by Crippen LogP contribution is -2.56. The van der Waals surface area contributed by atoms with Crippen molar-refractivity contribution in [2.45, 2.75) is 88.5 Å². The van der Waals surface area contributed by atoms with E-state index in [-0.39, 0.29) is 29.9 Å². The number of piperidine rings is 4. The number of aromatic nitrogens is 4. The average molecular weight is 921 g/mol. The summed E-state index contributed by atoms with van der Waals surface area (Å²) in [6.45, 7) is 12.8. The predicted molar refractivity (Wildman–Crippen MR) is 260 cm³/mol. The fourth-order valence-electron chi connectivity index (χ4n) is 11.8. The van der Waals surface area contributed by atoms with Gasteiger partial charge in [-0.2, -0.15) is 5.10 Å². The number of nitrogen functional groups attached to an aromatic ring is 1. The number of para-hydroxylation sites is 1. The second kappa shape index (κ2) is 19.6. The summed E-state index contributed by atoms with van der Waals surface area (Å²) < 4.78 is 8.13. The summed E-state index contributed by atoms with van der Waals surface area (Å²) in [5.74, 6) is 2.21. The van der Waals surface area contributed by atoms with Crippen LogP contribution < -0.4 is 15.8 Å². The van der Waals surface area contributed by atoms with E-state index in [1.54, 1.807) is 0 Å². The van der Waals surface area contributed by atoms with Crippen LogP contribution in [0.25, 0.3) is 22.3 Å². The molecular weight excluding hydrogens is 857 g/mol. The predicted octanol–water partition coefficient (Wildman–Crippen LogP) is 5.71. The van der Waals surface area contributed by atoms with Crippen LogP contribution in [-0.2, 0) is 22.7 Å². The summed E-state index contributed by atoms with van der Waals surface area (Å²) in [6, 6.07) is 25.2. The maximum absolute atomic E-state index is 13.8. The molecule has 356 valence electrons. The second-order valence-corrected chi connectivity index (χ2v) is 19.8. The van der Waals surface area contributed by atoms with Gasteiger partial charge in [0, 0.05) is 90.0 Å². The first kappa shape index (κ1) is 44.6. The van der Waals surface area contributed by atoms with Gasteiger partial charge in [0.25, 0.3) is 0 Å². The number of amides is 4. The van der Waals surface area contributed by atoms with Gasteiger partial charge in [0.1, 0.15) is 29.3 Å². The zero-order valence-corrected chi connectivity index (χ0v) is 39.1. The number of likely N-dealkylation sites (tertiary alicyclic amines) is 3. The van der Waals surface area contributed by atoms with Crippen LogP contribution in [0.1, 0.15) is 80.0 Å². The zero-order chi connectivity index (χ0) is 46.1. The van der Waals surface area contributed by atoms with Gasteiger partial charge < -0.3 is 25.2 Å². The van der Waals surface area contributed by atoms with Gasteiger partial charge >= 0.3 is 6.03 Å². The summed E-state index contributed by atoms with van der Waals surface area (Å²) in [7, 11) is 0. The Bertz CT molecular complexity index is 2600. The number of urea groups is 1. The standard InChI is InChI=1S/C52H64N12O4/c53-49-47-48(37-10-12-44(13-11-37)68-43-6-2-1-3-7-43)57-64(50(47)55-35-54-49)42-5-4-20-62(34-42)41-18-23-60(24-19-41)52(67)61-29-27-59(28-30-61)26-25-58-21-16-36(17-22-58)38-8-9-39-32-63(33-40(39)31-38)45-14-15-46(65)56-51(45)66/h1-3,6-13,31,35-36,41-42,45H,4-5,14-30,32-34H2,(H2,53,54,55)(H,56,65,66)/t42-,45?/m1/s1. The molecular formula is C52H64N12O4. The van der Waals surface area contributed by atoms with Crippen LogP contribution >= 0.6 is 0 Å². The van der Waals surface area contributed by atoms with Gasteiger partial charge in [-0.05, 0) is 124 Å². The number of benzene rings is 3. The zero-order valence-electron chi connectivity index (χ0n) is 39.1.